The van der Waals surface area contributed by atoms with Gasteiger partial charge in [0.2, 0.25) is 0 Å². The lowest BCUT2D eigenvalue weighted by Crippen LogP contribution is -2.37. The molecule has 0 saturated carbocycles. The highest BCUT2D eigenvalue weighted by Crippen LogP contribution is 2.44. The number of nitrogen functional groups attached to an aromatic ring is 2. The Kier molecular flexibility index (Phi) is 4.17. The third-order valence-corrected chi connectivity index (χ3v) is 4.41. The molecule has 0 saturated heterocycles. The van der Waals surface area contributed by atoms with Gasteiger partial charge in [-0.3, -0.25) is 4.79 Å². The molecular weight excluding hydrogens is 336 g/mol. The molecule has 0 aromatic carbocycles. The van der Waals surface area contributed by atoms with Gasteiger partial charge >= 0.3 is 11.9 Å². The van der Waals surface area contributed by atoms with Crippen molar-refractivity contribution in [1.29, 1.82) is 0 Å². The third kappa shape index (κ3) is 2.67. The monoisotopic (exact) mass is 352 g/mol. The second kappa shape index (κ2) is 6.32. The van der Waals surface area contributed by atoms with Crippen LogP contribution in [0, 0.1) is 0 Å². The summed E-state index contributed by atoms with van der Waals surface area (Å²) >= 11 is 0. The van der Waals surface area contributed by atoms with Crippen LogP contribution in [-0.2, 0) is 15.0 Å². The first kappa shape index (κ1) is 17.2. The first-order chi connectivity index (χ1) is 12.4. The van der Waals surface area contributed by atoms with E-state index in [4.69, 9.17) is 11.5 Å². The molecule has 3 rings (SSSR count). The molecule has 1 unspecified atom stereocenters. The number of nitrogens with two attached hydrogens (primary N) is 2. The Balaban J connectivity index is 2.24. The van der Waals surface area contributed by atoms with Crippen molar-refractivity contribution in [2.45, 2.75) is 11.8 Å². The number of aliphatic carboxylic acids is 2. The Labute approximate surface area is 148 Å². The summed E-state index contributed by atoms with van der Waals surface area (Å²) in [6, 6.07) is 6.37. The highest BCUT2D eigenvalue weighted by Gasteiger charge is 2.44. The molecule has 2 aromatic rings. The molecule has 0 aliphatic heterocycles. The van der Waals surface area contributed by atoms with Crippen molar-refractivity contribution in [2.24, 2.45) is 0 Å². The normalized spacial score (nSPS) is 19.4. The van der Waals surface area contributed by atoms with Gasteiger partial charge in [0.25, 0.3) is 0 Å². The average molecular weight is 352 g/mol. The maximum Gasteiger partial charge on any atom is 0.335 e. The topological polar surface area (TPSA) is 152 Å². The number of carbonyl (C=O) groups is 2. The molecule has 8 nitrogen and oxygen atoms in total. The van der Waals surface area contributed by atoms with E-state index in [9.17, 15) is 19.8 Å². The molecule has 2 heterocycles. The molecule has 6 N–H and O–H groups in total. The van der Waals surface area contributed by atoms with E-state index in [0.29, 0.717) is 5.56 Å². The number of aromatic nitrogens is 2. The molecule has 0 radical (unpaired) electrons. The number of carboxylic acids is 2. The second-order valence-electron chi connectivity index (χ2n) is 5.86. The van der Waals surface area contributed by atoms with Crippen molar-refractivity contribution in [3.05, 3.63) is 65.5 Å². The van der Waals surface area contributed by atoms with Crippen LogP contribution < -0.4 is 11.5 Å². The molecule has 26 heavy (non-hydrogen) atoms. The van der Waals surface area contributed by atoms with Crippen LogP contribution in [0.5, 0.6) is 0 Å². The number of anilines is 2. The molecule has 0 amide bonds. The third-order valence-electron chi connectivity index (χ3n) is 4.41. The van der Waals surface area contributed by atoms with Crippen LogP contribution in [0.25, 0.3) is 5.57 Å². The molecule has 1 atom stereocenters. The van der Waals surface area contributed by atoms with Crippen molar-refractivity contribution in [3.63, 3.8) is 0 Å². The van der Waals surface area contributed by atoms with Crippen LogP contribution in [-0.4, -0.2) is 32.1 Å². The Morgan fingerprint density at radius 3 is 2.27 bits per heavy atom. The van der Waals surface area contributed by atoms with Crippen LogP contribution in [0.2, 0.25) is 0 Å². The van der Waals surface area contributed by atoms with E-state index in [0.717, 1.165) is 0 Å². The minimum atomic E-state index is -1.56. The zero-order chi connectivity index (χ0) is 18.9. The summed E-state index contributed by atoms with van der Waals surface area (Å²) in [5.74, 6) is -2.16. The summed E-state index contributed by atoms with van der Waals surface area (Å²) in [5.41, 5.74) is 11.1. The van der Waals surface area contributed by atoms with Gasteiger partial charge in [0.1, 0.15) is 17.1 Å². The Morgan fingerprint density at radius 1 is 1.04 bits per heavy atom. The maximum absolute atomic E-state index is 12.2. The van der Waals surface area contributed by atoms with Crippen LogP contribution in [0.1, 0.15) is 17.5 Å². The van der Waals surface area contributed by atoms with E-state index in [2.05, 4.69) is 9.97 Å². The highest BCUT2D eigenvalue weighted by molar-refractivity contribution is 6.04. The van der Waals surface area contributed by atoms with Gasteiger partial charge in [0.05, 0.1) is 5.57 Å². The highest BCUT2D eigenvalue weighted by atomic mass is 16.4. The number of pyridine rings is 2. The Hall–Kier alpha value is -3.68. The number of carboxylic acid groups (broad SMARTS) is 2. The van der Waals surface area contributed by atoms with E-state index in [1.807, 2.05) is 0 Å². The quantitative estimate of drug-likeness (QED) is 0.645. The van der Waals surface area contributed by atoms with Gasteiger partial charge in [-0.25, -0.2) is 14.8 Å². The van der Waals surface area contributed by atoms with E-state index < -0.39 is 17.4 Å². The minimum Gasteiger partial charge on any atom is -0.480 e. The number of rotatable bonds is 4. The van der Waals surface area contributed by atoms with Gasteiger partial charge in [-0.1, -0.05) is 12.1 Å². The zero-order valence-electron chi connectivity index (χ0n) is 13.6. The predicted molar refractivity (Wildman–Crippen MR) is 94.9 cm³/mol. The molecule has 8 heteroatoms. The average Bonchev–Trinajstić information content (AvgIpc) is 2.61. The van der Waals surface area contributed by atoms with Crippen LogP contribution in [0.4, 0.5) is 11.6 Å². The van der Waals surface area contributed by atoms with Gasteiger partial charge in [-0.2, -0.15) is 0 Å². The van der Waals surface area contributed by atoms with E-state index in [-0.39, 0.29) is 34.8 Å². The van der Waals surface area contributed by atoms with Crippen molar-refractivity contribution < 1.29 is 19.8 Å². The fourth-order valence-electron chi connectivity index (χ4n) is 3.11. The molecule has 1 aliphatic carbocycles. The molecular formula is C18H16N4O4. The first-order valence-electron chi connectivity index (χ1n) is 7.67. The lowest BCUT2D eigenvalue weighted by atomic mass is 9.70. The predicted octanol–water partition coefficient (Wildman–Crippen LogP) is 1.46. The van der Waals surface area contributed by atoms with E-state index >= 15 is 0 Å². The second-order valence-corrected chi connectivity index (χ2v) is 5.86. The lowest BCUT2D eigenvalue weighted by Gasteiger charge is -2.32. The minimum absolute atomic E-state index is 0.0379. The van der Waals surface area contributed by atoms with E-state index in [1.54, 1.807) is 24.3 Å². The first-order valence-corrected chi connectivity index (χ1v) is 7.67. The molecule has 1 aliphatic rings. The van der Waals surface area contributed by atoms with Crippen LogP contribution in [0.3, 0.4) is 0 Å². The lowest BCUT2D eigenvalue weighted by molar-refractivity contribution is -0.142. The van der Waals surface area contributed by atoms with Crippen molar-refractivity contribution >= 4 is 29.1 Å². The molecule has 0 fully saturated rings. The summed E-state index contributed by atoms with van der Waals surface area (Å²) in [5, 5.41) is 19.5. The van der Waals surface area contributed by atoms with Gasteiger partial charge in [-0.15, -0.1) is 0 Å². The van der Waals surface area contributed by atoms with Crippen molar-refractivity contribution in [2.75, 3.05) is 11.5 Å². The number of hydrogen-bond acceptors (Lipinski definition) is 6. The smallest absolute Gasteiger partial charge is 0.335 e. The SMILES string of the molecule is Nc1ncccc1C1=C(C(=O)O)C=CC(C(=O)O)(c2cccnc2N)C1. The maximum atomic E-state index is 12.2. The van der Waals surface area contributed by atoms with Gasteiger partial charge < -0.3 is 21.7 Å². The molecule has 2 aromatic heterocycles. The Morgan fingerprint density at radius 2 is 1.69 bits per heavy atom. The summed E-state index contributed by atoms with van der Waals surface area (Å²) in [6.07, 6.45) is 5.39. The fourth-order valence-corrected chi connectivity index (χ4v) is 3.11. The summed E-state index contributed by atoms with van der Waals surface area (Å²) in [4.78, 5) is 31.8. The van der Waals surface area contributed by atoms with Crippen LogP contribution in [0.15, 0.2) is 54.4 Å². The van der Waals surface area contributed by atoms with Gasteiger partial charge in [0.15, 0.2) is 0 Å². The number of allylic oxidation sites excluding steroid dienone is 1. The number of hydrogen-bond donors (Lipinski definition) is 4. The largest absolute Gasteiger partial charge is 0.480 e. The molecule has 0 spiro atoms. The Bertz CT molecular complexity index is 967. The molecule has 0 bridgehead atoms. The van der Waals surface area contributed by atoms with Crippen LogP contribution >= 0.6 is 0 Å². The van der Waals surface area contributed by atoms with Gasteiger partial charge in [0, 0.05) is 23.5 Å². The van der Waals surface area contributed by atoms with Gasteiger partial charge in [-0.05, 0) is 36.3 Å². The molecule has 132 valence electrons. The zero-order valence-corrected chi connectivity index (χ0v) is 13.6. The summed E-state index contributed by atoms with van der Waals surface area (Å²) in [6.45, 7) is 0. The van der Waals surface area contributed by atoms with Crippen molar-refractivity contribution in [3.8, 4) is 0 Å². The fraction of sp³-hybridized carbons (Fsp3) is 0.111. The number of nitrogens with zero attached hydrogens (tertiary/aromatic N) is 2. The van der Waals surface area contributed by atoms with Crippen molar-refractivity contribution in [1.82, 2.24) is 9.97 Å². The summed E-state index contributed by atoms with van der Waals surface area (Å²) < 4.78 is 0. The van der Waals surface area contributed by atoms with E-state index in [1.165, 1.54) is 24.5 Å². The standard InChI is InChI=1S/C18H16N4O4/c19-14-10(3-1-7-21-14)12-9-18(17(25)26,6-5-11(12)16(23)24)13-4-2-8-22-15(13)20/h1-8H,9H2,(H2,19,21)(H2,20,22)(H,23,24)(H,25,26). The summed E-state index contributed by atoms with van der Waals surface area (Å²) in [7, 11) is 0.